The van der Waals surface area contributed by atoms with Crippen LogP contribution in [0.25, 0.3) is 0 Å². The van der Waals surface area contributed by atoms with Crippen LogP contribution in [-0.4, -0.2) is 51.0 Å². The number of fused-ring (bicyclic) bond motifs is 3. The molecule has 4 rings (SSSR count). The lowest BCUT2D eigenvalue weighted by molar-refractivity contribution is -0.133. The fourth-order valence-corrected chi connectivity index (χ4v) is 4.13. The molecule has 24 heavy (non-hydrogen) atoms. The summed E-state index contributed by atoms with van der Waals surface area (Å²) in [6.45, 7) is 9.16. The van der Waals surface area contributed by atoms with E-state index in [9.17, 15) is 4.79 Å². The van der Waals surface area contributed by atoms with Gasteiger partial charge in [0.25, 0.3) is 0 Å². The minimum atomic E-state index is 0.160. The van der Waals surface area contributed by atoms with Crippen LogP contribution in [0.3, 0.4) is 0 Å². The van der Waals surface area contributed by atoms with Gasteiger partial charge < -0.3 is 5.32 Å². The minimum absolute atomic E-state index is 0.160. The van der Waals surface area contributed by atoms with Crippen LogP contribution in [0.15, 0.2) is 6.20 Å². The normalized spacial score (nSPS) is 29.2. The second-order valence-corrected chi connectivity index (χ2v) is 7.74. The lowest BCUT2D eigenvalue weighted by Crippen LogP contribution is -2.58. The predicted molar refractivity (Wildman–Crippen MR) is 93.5 cm³/mol. The zero-order valence-corrected chi connectivity index (χ0v) is 15.2. The number of amides is 1. The maximum Gasteiger partial charge on any atom is 0.224 e. The zero-order chi connectivity index (χ0) is 17.1. The van der Waals surface area contributed by atoms with Gasteiger partial charge in [0.15, 0.2) is 0 Å². The van der Waals surface area contributed by atoms with Crippen molar-refractivity contribution in [1.82, 2.24) is 25.2 Å². The Kier molecular flexibility index (Phi) is 5.54. The maximum absolute atomic E-state index is 12.4. The van der Waals surface area contributed by atoms with Crippen LogP contribution in [-0.2, 0) is 17.8 Å². The molecule has 0 saturated carbocycles. The highest BCUT2D eigenvalue weighted by Gasteiger charge is 2.43. The van der Waals surface area contributed by atoms with Crippen molar-refractivity contribution in [2.75, 3.05) is 13.1 Å². The van der Waals surface area contributed by atoms with E-state index in [0.717, 1.165) is 44.6 Å². The Morgan fingerprint density at radius 3 is 2.96 bits per heavy atom. The first-order valence-electron chi connectivity index (χ1n) is 9.50. The Balaban J connectivity index is 1.56. The Hall–Kier alpha value is -1.43. The minimum Gasteiger partial charge on any atom is -0.354 e. The van der Waals surface area contributed by atoms with Crippen molar-refractivity contribution in [2.45, 2.75) is 71.5 Å². The number of hydrogen-bond acceptors (Lipinski definition) is 4. The Morgan fingerprint density at radius 2 is 2.29 bits per heavy atom. The molecule has 1 aromatic heterocycles. The molecule has 1 aromatic rings. The predicted octanol–water partition coefficient (Wildman–Crippen LogP) is 1.86. The highest BCUT2D eigenvalue weighted by molar-refractivity contribution is 5.79. The molecular weight excluding hydrogens is 302 g/mol. The topological polar surface area (TPSA) is 63.1 Å². The van der Waals surface area contributed by atoms with Crippen LogP contribution in [0.2, 0.25) is 0 Å². The molecule has 4 heterocycles. The second-order valence-electron chi connectivity index (χ2n) is 7.74. The summed E-state index contributed by atoms with van der Waals surface area (Å²) in [5.41, 5.74) is 1.10. The van der Waals surface area contributed by atoms with Gasteiger partial charge in [-0.2, -0.15) is 0 Å². The van der Waals surface area contributed by atoms with Crippen molar-refractivity contribution in [2.24, 2.45) is 11.8 Å². The van der Waals surface area contributed by atoms with Gasteiger partial charge in [-0.25, -0.2) is 0 Å². The number of carbonyl (C=O) groups is 1. The van der Waals surface area contributed by atoms with Gasteiger partial charge in [-0.3, -0.25) is 14.4 Å². The first-order valence-corrected chi connectivity index (χ1v) is 9.50. The molecule has 1 unspecified atom stereocenters. The molecule has 6 nitrogen and oxygen atoms in total. The molecular formula is C18H31N5O. The molecule has 1 N–H and O–H groups in total. The third-order valence-corrected chi connectivity index (χ3v) is 5.42. The van der Waals surface area contributed by atoms with E-state index in [0.29, 0.717) is 12.0 Å². The molecule has 1 amide bonds. The number of nitrogens with zero attached hydrogens (tertiary/aromatic N) is 4. The summed E-state index contributed by atoms with van der Waals surface area (Å²) in [4.78, 5) is 14.9. The van der Waals surface area contributed by atoms with Crippen LogP contribution in [0.1, 0.15) is 52.1 Å². The quantitative estimate of drug-likeness (QED) is 0.827. The van der Waals surface area contributed by atoms with Crippen LogP contribution in [0, 0.1) is 11.8 Å². The standard InChI is InChI=1S/C18H31N5O/c1-4-5-6-15-10-23(21-20-15)11-16-9-14-7-8-22(16)12-17(14)18(24)19-13(2)3/h10,13-14,16-17H,4-9,11-12H2,1-3H3,(H,19,24)/t14-,16-,17+/m1/s1. The number of nitrogens with one attached hydrogen (secondary N) is 1. The summed E-state index contributed by atoms with van der Waals surface area (Å²) < 4.78 is 2.00. The van der Waals surface area contributed by atoms with Crippen molar-refractivity contribution in [3.05, 3.63) is 11.9 Å². The van der Waals surface area contributed by atoms with Gasteiger partial charge in [0.05, 0.1) is 18.2 Å². The van der Waals surface area contributed by atoms with Crippen LogP contribution < -0.4 is 5.32 Å². The average molecular weight is 333 g/mol. The number of hydrogen-bond donors (Lipinski definition) is 1. The van der Waals surface area contributed by atoms with Crippen molar-refractivity contribution in [1.29, 1.82) is 0 Å². The number of carbonyl (C=O) groups excluding carboxylic acids is 1. The molecule has 0 aromatic carbocycles. The first-order chi connectivity index (χ1) is 11.6. The number of aromatic nitrogens is 3. The van der Waals surface area contributed by atoms with Crippen LogP contribution >= 0.6 is 0 Å². The zero-order valence-electron chi connectivity index (χ0n) is 15.2. The van der Waals surface area contributed by atoms with E-state index in [4.69, 9.17) is 0 Å². The summed E-state index contributed by atoms with van der Waals surface area (Å²) in [7, 11) is 0. The lowest BCUT2D eigenvalue weighted by atomic mass is 9.75. The molecule has 134 valence electrons. The van der Waals surface area contributed by atoms with E-state index in [1.807, 2.05) is 18.5 Å². The number of unbranched alkanes of at least 4 members (excludes halogenated alkanes) is 1. The molecule has 3 aliphatic rings. The second kappa shape index (κ2) is 7.64. The largest absolute Gasteiger partial charge is 0.354 e. The molecule has 3 aliphatic heterocycles. The molecule has 4 atom stereocenters. The highest BCUT2D eigenvalue weighted by atomic mass is 16.2. The van der Waals surface area contributed by atoms with Crippen molar-refractivity contribution in [3.63, 3.8) is 0 Å². The maximum atomic E-state index is 12.4. The SMILES string of the molecule is CCCCc1cn(C[C@H]2C[C@H]3CCN2C[C@@H]3C(=O)NC(C)C)nn1. The first kappa shape index (κ1) is 17.4. The van der Waals surface area contributed by atoms with E-state index >= 15 is 0 Å². The smallest absolute Gasteiger partial charge is 0.224 e. The fraction of sp³-hybridized carbons (Fsp3) is 0.833. The summed E-state index contributed by atoms with van der Waals surface area (Å²) in [5.74, 6) is 0.913. The van der Waals surface area contributed by atoms with Gasteiger partial charge in [-0.05, 0) is 52.0 Å². The van der Waals surface area contributed by atoms with E-state index in [1.165, 1.54) is 12.8 Å². The molecule has 3 fully saturated rings. The summed E-state index contributed by atoms with van der Waals surface area (Å²) in [5, 5.41) is 11.7. The van der Waals surface area contributed by atoms with Gasteiger partial charge in [0.2, 0.25) is 5.91 Å². The molecule has 6 heteroatoms. The Morgan fingerprint density at radius 1 is 1.46 bits per heavy atom. The molecule has 2 bridgehead atoms. The third-order valence-electron chi connectivity index (χ3n) is 5.42. The highest BCUT2D eigenvalue weighted by Crippen LogP contribution is 2.36. The Labute approximate surface area is 145 Å². The lowest BCUT2D eigenvalue weighted by Gasteiger charge is -2.49. The number of rotatable bonds is 7. The van der Waals surface area contributed by atoms with Crippen LogP contribution in [0.4, 0.5) is 0 Å². The van der Waals surface area contributed by atoms with E-state index in [-0.39, 0.29) is 17.9 Å². The molecule has 0 radical (unpaired) electrons. The summed E-state index contributed by atoms with van der Waals surface area (Å²) >= 11 is 0. The molecule has 3 saturated heterocycles. The van der Waals surface area contributed by atoms with Crippen molar-refractivity contribution >= 4 is 5.91 Å². The Bertz CT molecular complexity index is 555. The van der Waals surface area contributed by atoms with Crippen molar-refractivity contribution in [3.8, 4) is 0 Å². The fourth-order valence-electron chi connectivity index (χ4n) is 4.13. The van der Waals surface area contributed by atoms with Gasteiger partial charge >= 0.3 is 0 Å². The molecule has 0 aliphatic carbocycles. The summed E-state index contributed by atoms with van der Waals surface area (Å²) in [6.07, 6.45) is 7.72. The summed E-state index contributed by atoms with van der Waals surface area (Å²) in [6, 6.07) is 0.716. The molecule has 0 spiro atoms. The van der Waals surface area contributed by atoms with Gasteiger partial charge in [-0.15, -0.1) is 5.10 Å². The van der Waals surface area contributed by atoms with Gasteiger partial charge in [0.1, 0.15) is 0 Å². The van der Waals surface area contributed by atoms with E-state index < -0.39 is 0 Å². The van der Waals surface area contributed by atoms with Gasteiger partial charge in [-0.1, -0.05) is 18.6 Å². The number of piperidine rings is 3. The van der Waals surface area contributed by atoms with Crippen LogP contribution in [0.5, 0.6) is 0 Å². The van der Waals surface area contributed by atoms with E-state index in [2.05, 4.69) is 33.6 Å². The third kappa shape index (κ3) is 3.97. The van der Waals surface area contributed by atoms with Crippen molar-refractivity contribution < 1.29 is 4.79 Å². The van der Waals surface area contributed by atoms with Gasteiger partial charge in [0, 0.05) is 24.8 Å². The monoisotopic (exact) mass is 333 g/mol. The number of aryl methyl sites for hydroxylation is 1. The van der Waals surface area contributed by atoms with E-state index in [1.54, 1.807) is 0 Å². The average Bonchev–Trinajstić information content (AvgIpc) is 3.00.